The van der Waals surface area contributed by atoms with Crippen molar-refractivity contribution in [2.75, 3.05) is 14.7 Å². The van der Waals surface area contributed by atoms with E-state index < -0.39 is 0 Å². The molecule has 3 aliphatic rings. The van der Waals surface area contributed by atoms with Gasteiger partial charge in [-0.1, -0.05) is 307 Å². The molecule has 3 nitrogen and oxygen atoms in total. The van der Waals surface area contributed by atoms with Gasteiger partial charge >= 0.3 is 0 Å². The molecule has 0 atom stereocenters. The van der Waals surface area contributed by atoms with Crippen molar-refractivity contribution < 1.29 is 0 Å². The molecule has 0 aromatic heterocycles. The van der Waals surface area contributed by atoms with Crippen molar-refractivity contribution in [2.45, 2.75) is 169 Å². The molecule has 0 saturated heterocycles. The van der Waals surface area contributed by atoms with Crippen LogP contribution >= 0.6 is 0 Å². The Morgan fingerprint density at radius 2 is 0.589 bits per heavy atom. The summed E-state index contributed by atoms with van der Waals surface area (Å²) in [5.74, 6) is -0.0805. The van der Waals surface area contributed by atoms with Crippen LogP contribution in [0.25, 0.3) is 44.5 Å². The second-order valence-electron chi connectivity index (χ2n) is 33.6. The van der Waals surface area contributed by atoms with Crippen LogP contribution in [0.2, 0.25) is 0 Å². The van der Waals surface area contributed by atoms with Crippen molar-refractivity contribution >= 4 is 51.2 Å². The van der Waals surface area contributed by atoms with E-state index in [0.717, 1.165) is 57.4 Å². The first-order chi connectivity index (χ1) is 44.9. The Bertz CT molecular complexity index is 4470. The first kappa shape index (κ1) is 63.2. The molecule has 0 amide bonds. The zero-order valence-electron chi connectivity index (χ0n) is 59.6. The standard InChI is InChI=1S/C92H95N3/c1-87(2,3)67-43-37-60(38-44-67)73-54-69(89(7,8)9)56-75(91(13,14)15)84(73)93-77-47-41-62(58-29-21-19-22-30-58)50-79(77)95-80-51-63(59-31-23-20-24-32-59)42-48-78(80)94(82-53-66(52-81(93)86(82)95)83-71-35-27-25-33-64(71)49-65-34-26-28-36-72(65)83)85-74(61-39-45-68(46-40-61)88(4,5)6)55-70(90(10,11)12)57-76(85)92(16,17)18/h19-48,50-57,83H,49H2,1-18H3. The fourth-order valence-electron chi connectivity index (χ4n) is 15.1. The molecule has 2 aliphatic heterocycles. The van der Waals surface area contributed by atoms with Gasteiger partial charge < -0.3 is 14.7 Å². The van der Waals surface area contributed by atoms with Crippen LogP contribution in [0.4, 0.5) is 51.2 Å². The van der Waals surface area contributed by atoms with Crippen LogP contribution in [0.15, 0.2) is 231 Å². The van der Waals surface area contributed by atoms with Crippen molar-refractivity contribution in [3.8, 4) is 44.5 Å². The van der Waals surface area contributed by atoms with Crippen molar-refractivity contribution in [1.29, 1.82) is 0 Å². The Balaban J connectivity index is 1.21. The van der Waals surface area contributed by atoms with Crippen molar-refractivity contribution in [2.24, 2.45) is 0 Å². The van der Waals surface area contributed by atoms with E-state index in [1.165, 1.54) is 106 Å². The Morgan fingerprint density at radius 1 is 0.253 bits per heavy atom. The van der Waals surface area contributed by atoms with Crippen molar-refractivity contribution in [1.82, 2.24) is 0 Å². The monoisotopic (exact) mass is 1240 g/mol. The molecule has 11 aromatic carbocycles. The highest BCUT2D eigenvalue weighted by Gasteiger charge is 2.45. The lowest BCUT2D eigenvalue weighted by atomic mass is 9.74. The summed E-state index contributed by atoms with van der Waals surface area (Å²) in [5, 5.41) is 0. The predicted octanol–water partition coefficient (Wildman–Crippen LogP) is 26.3. The Morgan fingerprint density at radius 3 is 0.947 bits per heavy atom. The number of hydrogen-bond acceptors (Lipinski definition) is 3. The zero-order chi connectivity index (χ0) is 67.1. The van der Waals surface area contributed by atoms with Gasteiger partial charge in [-0.25, -0.2) is 0 Å². The van der Waals surface area contributed by atoms with Crippen LogP contribution in [0.3, 0.4) is 0 Å². The Labute approximate surface area is 568 Å². The minimum absolute atomic E-state index is 0.0228. The molecule has 14 rings (SSSR count). The molecule has 0 N–H and O–H groups in total. The van der Waals surface area contributed by atoms with Gasteiger partial charge in [0.2, 0.25) is 0 Å². The highest BCUT2D eigenvalue weighted by Crippen LogP contribution is 2.68. The largest absolute Gasteiger partial charge is 0.305 e. The quantitative estimate of drug-likeness (QED) is 0.157. The summed E-state index contributed by atoms with van der Waals surface area (Å²) in [7, 11) is 0. The third-order valence-corrected chi connectivity index (χ3v) is 20.5. The average Bonchev–Trinajstić information content (AvgIpc) is 0.678. The normalized spacial score (nSPS) is 14.1. The molecule has 0 saturated carbocycles. The molecule has 0 spiro atoms. The van der Waals surface area contributed by atoms with Crippen LogP contribution in [0, 0.1) is 0 Å². The van der Waals surface area contributed by atoms with Gasteiger partial charge in [-0.3, -0.25) is 0 Å². The van der Waals surface area contributed by atoms with E-state index in [2.05, 4.69) is 370 Å². The summed E-state index contributed by atoms with van der Waals surface area (Å²) in [6, 6.07) is 89.8. The van der Waals surface area contributed by atoms with Crippen LogP contribution in [-0.4, -0.2) is 0 Å². The molecule has 1 aliphatic carbocycles. The molecule has 11 aromatic rings. The SMILES string of the molecule is CC(C)(C)c1ccc(-c2cc(C(C)(C)C)cc(C(C)(C)C)c2N2c3ccc(-c4ccccc4)cc3N3c4cc(-c5ccccc5)ccc4N(c4c(-c5ccc(C(C)(C)C)cc5)cc(C(C)(C)C)cc4C(C)(C)C)c4cc(C5c6ccccc6Cc6ccccc65)cc2c43)cc1. The highest BCUT2D eigenvalue weighted by atomic mass is 15.3. The third kappa shape index (κ3) is 11.3. The maximum Gasteiger partial charge on any atom is 0.0948 e. The second kappa shape index (κ2) is 22.8. The zero-order valence-corrected chi connectivity index (χ0v) is 59.6. The van der Waals surface area contributed by atoms with Gasteiger partial charge in [0, 0.05) is 17.0 Å². The van der Waals surface area contributed by atoms with Gasteiger partial charge in [-0.05, 0) is 182 Å². The molecule has 478 valence electrons. The first-order valence-corrected chi connectivity index (χ1v) is 34.6. The summed E-state index contributed by atoms with van der Waals surface area (Å²) in [5.41, 5.74) is 33.4. The van der Waals surface area contributed by atoms with Gasteiger partial charge in [0.15, 0.2) is 0 Å². The Hall–Kier alpha value is -9.18. The molecular weight excluding hydrogens is 1150 g/mol. The summed E-state index contributed by atoms with van der Waals surface area (Å²) >= 11 is 0. The molecule has 2 heterocycles. The minimum atomic E-state index is -0.312. The van der Waals surface area contributed by atoms with Crippen molar-refractivity contribution in [3.05, 3.63) is 292 Å². The molecule has 0 bridgehead atoms. The predicted molar refractivity (Wildman–Crippen MR) is 408 cm³/mol. The molecule has 0 unspecified atom stereocenters. The number of rotatable bonds is 7. The lowest BCUT2D eigenvalue weighted by molar-refractivity contribution is 0.569. The van der Waals surface area contributed by atoms with E-state index in [4.69, 9.17) is 0 Å². The van der Waals surface area contributed by atoms with E-state index >= 15 is 0 Å². The smallest absolute Gasteiger partial charge is 0.0948 e. The fraction of sp³-hybridized carbons (Fsp3) is 0.283. The molecule has 0 radical (unpaired) electrons. The van der Waals surface area contributed by atoms with Crippen LogP contribution in [0.1, 0.15) is 192 Å². The minimum Gasteiger partial charge on any atom is -0.305 e. The van der Waals surface area contributed by atoms with Gasteiger partial charge in [0.05, 0.1) is 51.2 Å². The average molecular weight is 1240 g/mol. The summed E-state index contributed by atoms with van der Waals surface area (Å²) in [6.07, 6.45) is 0.889. The molecule has 3 heteroatoms. The second-order valence-corrected chi connectivity index (χ2v) is 33.6. The van der Waals surface area contributed by atoms with Gasteiger partial charge in [0.25, 0.3) is 0 Å². The first-order valence-electron chi connectivity index (χ1n) is 34.6. The lowest BCUT2D eigenvalue weighted by Gasteiger charge is -2.49. The number of hydrogen-bond donors (Lipinski definition) is 0. The van der Waals surface area contributed by atoms with E-state index in [-0.39, 0.29) is 38.4 Å². The maximum atomic E-state index is 2.74. The van der Waals surface area contributed by atoms with E-state index in [1.54, 1.807) is 0 Å². The molecule has 95 heavy (non-hydrogen) atoms. The number of fused-ring (bicyclic) bond motifs is 6. The van der Waals surface area contributed by atoms with Gasteiger partial charge in [-0.15, -0.1) is 0 Å². The van der Waals surface area contributed by atoms with Crippen LogP contribution < -0.4 is 14.7 Å². The molecular formula is C92H95N3. The van der Waals surface area contributed by atoms with Crippen molar-refractivity contribution in [3.63, 3.8) is 0 Å². The topological polar surface area (TPSA) is 9.72 Å². The summed E-state index contributed by atoms with van der Waals surface area (Å²) in [6.45, 7) is 42.8. The number of nitrogens with zero attached hydrogens (tertiary/aromatic N) is 3. The van der Waals surface area contributed by atoms with Crippen LogP contribution in [0.5, 0.6) is 0 Å². The highest BCUT2D eigenvalue weighted by molar-refractivity contribution is 6.16. The van der Waals surface area contributed by atoms with E-state index in [1.807, 2.05) is 0 Å². The number of anilines is 9. The van der Waals surface area contributed by atoms with E-state index in [0.29, 0.717) is 0 Å². The fourth-order valence-corrected chi connectivity index (χ4v) is 15.1. The summed E-state index contributed by atoms with van der Waals surface area (Å²) in [4.78, 5) is 8.17. The number of benzene rings is 11. The van der Waals surface area contributed by atoms with Gasteiger partial charge in [-0.2, -0.15) is 0 Å². The van der Waals surface area contributed by atoms with E-state index in [9.17, 15) is 0 Å². The summed E-state index contributed by atoms with van der Waals surface area (Å²) < 4.78 is 0. The Kier molecular flexibility index (Phi) is 15.1. The maximum absolute atomic E-state index is 2.74. The third-order valence-electron chi connectivity index (χ3n) is 20.5. The van der Waals surface area contributed by atoms with Gasteiger partial charge in [0.1, 0.15) is 0 Å². The molecule has 0 fully saturated rings. The van der Waals surface area contributed by atoms with Crippen LogP contribution in [-0.2, 0) is 38.9 Å². The lowest BCUT2D eigenvalue weighted by Crippen LogP contribution is -2.33.